The first-order valence-corrected chi connectivity index (χ1v) is 8.45. The van der Waals surface area contributed by atoms with Crippen molar-refractivity contribution in [3.8, 4) is 22.8 Å². The average molecular weight is 383 g/mol. The molecule has 0 aliphatic heterocycles. The number of aromatic nitrogens is 1. The number of pyridine rings is 1. The van der Waals surface area contributed by atoms with Gasteiger partial charge in [0.05, 0.1) is 21.5 Å². The number of carboxylic acid groups (broad SMARTS) is 1. The van der Waals surface area contributed by atoms with E-state index in [-0.39, 0.29) is 5.56 Å². The number of aromatic carboxylic acids is 1. The number of hydrogen-bond acceptors (Lipinski definition) is 4. The Kier molecular flexibility index (Phi) is 4.15. The van der Waals surface area contributed by atoms with Crippen molar-refractivity contribution < 1.29 is 14.3 Å². The van der Waals surface area contributed by atoms with Gasteiger partial charge < -0.3 is 14.3 Å². The third kappa shape index (κ3) is 2.94. The maximum Gasteiger partial charge on any atom is 0.153 e. The molecule has 128 valence electrons. The van der Waals surface area contributed by atoms with Crippen LogP contribution in [0.4, 0.5) is 0 Å². The molecule has 26 heavy (non-hydrogen) atoms. The molecule has 0 saturated heterocycles. The fourth-order valence-electron chi connectivity index (χ4n) is 2.75. The lowest BCUT2D eigenvalue weighted by Gasteiger charge is -2.09. The highest BCUT2D eigenvalue weighted by atomic mass is 35.5. The molecule has 4 nitrogen and oxygen atoms in total. The molecule has 0 saturated carbocycles. The van der Waals surface area contributed by atoms with Crippen molar-refractivity contribution in [2.75, 3.05) is 0 Å². The summed E-state index contributed by atoms with van der Waals surface area (Å²) in [5.41, 5.74) is 1.79. The van der Waals surface area contributed by atoms with Crippen LogP contribution in [0.3, 0.4) is 0 Å². The van der Waals surface area contributed by atoms with Gasteiger partial charge in [-0.1, -0.05) is 41.4 Å². The largest absolute Gasteiger partial charge is 0.545 e. The summed E-state index contributed by atoms with van der Waals surface area (Å²) in [5.74, 6) is -0.246. The predicted molar refractivity (Wildman–Crippen MR) is 99.2 cm³/mol. The van der Waals surface area contributed by atoms with Gasteiger partial charge in [0.2, 0.25) is 0 Å². The molecule has 6 heteroatoms. The van der Waals surface area contributed by atoms with Gasteiger partial charge in [-0.15, -0.1) is 0 Å². The van der Waals surface area contributed by atoms with E-state index in [1.54, 1.807) is 54.6 Å². The molecule has 0 bridgehead atoms. The monoisotopic (exact) mass is 382 g/mol. The van der Waals surface area contributed by atoms with Crippen molar-refractivity contribution in [3.05, 3.63) is 76.3 Å². The van der Waals surface area contributed by atoms with E-state index in [1.807, 2.05) is 0 Å². The molecule has 0 unspecified atom stereocenters. The zero-order chi connectivity index (χ0) is 18.3. The SMILES string of the molecule is O=C([O-])c1cc(-c2ccc(-c3ccc(Cl)c(Cl)c3)o2)nc2ccccc12. The number of carbonyl (C=O) groups is 1. The summed E-state index contributed by atoms with van der Waals surface area (Å²) in [7, 11) is 0. The molecule has 2 heterocycles. The molecule has 0 spiro atoms. The van der Waals surface area contributed by atoms with Gasteiger partial charge in [-0.25, -0.2) is 4.98 Å². The summed E-state index contributed by atoms with van der Waals surface area (Å²) < 4.78 is 5.86. The van der Waals surface area contributed by atoms with Crippen LogP contribution in [0.1, 0.15) is 10.4 Å². The fraction of sp³-hybridized carbons (Fsp3) is 0. The van der Waals surface area contributed by atoms with Gasteiger partial charge in [0, 0.05) is 16.5 Å². The van der Waals surface area contributed by atoms with Gasteiger partial charge in [0.1, 0.15) is 11.5 Å². The summed E-state index contributed by atoms with van der Waals surface area (Å²) in [6.07, 6.45) is 0. The third-order valence-electron chi connectivity index (χ3n) is 4.00. The van der Waals surface area contributed by atoms with Crippen molar-refractivity contribution in [1.82, 2.24) is 4.98 Å². The minimum Gasteiger partial charge on any atom is -0.545 e. The second-order valence-corrected chi connectivity index (χ2v) is 6.47. The van der Waals surface area contributed by atoms with Crippen molar-refractivity contribution in [1.29, 1.82) is 0 Å². The van der Waals surface area contributed by atoms with Crippen LogP contribution in [0.5, 0.6) is 0 Å². The molecular weight excluding hydrogens is 373 g/mol. The first-order chi connectivity index (χ1) is 12.5. The van der Waals surface area contributed by atoms with Crippen LogP contribution < -0.4 is 5.11 Å². The third-order valence-corrected chi connectivity index (χ3v) is 4.74. The molecule has 4 aromatic rings. The number of carbonyl (C=O) groups excluding carboxylic acids is 1. The molecule has 0 aliphatic carbocycles. The standard InChI is InChI=1S/C20H11Cl2NO3/c21-14-6-5-11(9-15(14)22)18-7-8-19(26-18)17-10-13(20(24)25)12-3-1-2-4-16(12)23-17/h1-10H,(H,24,25)/p-1. The summed E-state index contributed by atoms with van der Waals surface area (Å²) >= 11 is 12.0. The number of halogens is 2. The van der Waals surface area contributed by atoms with E-state index in [4.69, 9.17) is 27.6 Å². The summed E-state index contributed by atoms with van der Waals surface area (Å²) in [5, 5.41) is 12.9. The summed E-state index contributed by atoms with van der Waals surface area (Å²) in [4.78, 5) is 16.0. The van der Waals surface area contributed by atoms with Crippen LogP contribution in [0.2, 0.25) is 10.0 Å². The molecule has 0 amide bonds. The van der Waals surface area contributed by atoms with E-state index in [0.717, 1.165) is 5.56 Å². The maximum absolute atomic E-state index is 11.5. The van der Waals surface area contributed by atoms with Crippen molar-refractivity contribution in [2.24, 2.45) is 0 Å². The molecular formula is C20H10Cl2NO3-. The van der Waals surface area contributed by atoms with Gasteiger partial charge in [-0.2, -0.15) is 0 Å². The molecule has 4 rings (SSSR count). The topological polar surface area (TPSA) is 66.2 Å². The van der Waals surface area contributed by atoms with E-state index in [1.165, 1.54) is 6.07 Å². The highest BCUT2D eigenvalue weighted by Gasteiger charge is 2.13. The number of fused-ring (bicyclic) bond motifs is 1. The van der Waals surface area contributed by atoms with Crippen LogP contribution in [0.25, 0.3) is 33.7 Å². The van der Waals surface area contributed by atoms with Crippen LogP contribution in [0.15, 0.2) is 65.1 Å². The Morgan fingerprint density at radius 1 is 0.923 bits per heavy atom. The Bertz CT molecular complexity index is 1150. The highest BCUT2D eigenvalue weighted by Crippen LogP contribution is 2.33. The van der Waals surface area contributed by atoms with E-state index in [9.17, 15) is 9.90 Å². The van der Waals surface area contributed by atoms with E-state index >= 15 is 0 Å². The molecule has 0 radical (unpaired) electrons. The number of nitrogens with zero attached hydrogens (tertiary/aromatic N) is 1. The van der Waals surface area contributed by atoms with E-state index < -0.39 is 5.97 Å². The van der Waals surface area contributed by atoms with Crippen LogP contribution in [-0.4, -0.2) is 11.0 Å². The Morgan fingerprint density at radius 3 is 2.46 bits per heavy atom. The van der Waals surface area contributed by atoms with Crippen molar-refractivity contribution in [3.63, 3.8) is 0 Å². The minimum atomic E-state index is -1.26. The Morgan fingerprint density at radius 2 is 1.69 bits per heavy atom. The molecule has 0 fully saturated rings. The minimum absolute atomic E-state index is 0.0677. The predicted octanol–water partition coefficient (Wildman–Crippen LogP) is 4.83. The zero-order valence-corrected chi connectivity index (χ0v) is 14.7. The van der Waals surface area contributed by atoms with E-state index in [0.29, 0.717) is 38.2 Å². The van der Waals surface area contributed by atoms with Crippen molar-refractivity contribution >= 4 is 40.1 Å². The van der Waals surface area contributed by atoms with Gasteiger partial charge >= 0.3 is 0 Å². The number of rotatable bonds is 3. The normalized spacial score (nSPS) is 11.0. The lowest BCUT2D eigenvalue weighted by Crippen LogP contribution is -2.22. The van der Waals surface area contributed by atoms with Crippen LogP contribution >= 0.6 is 23.2 Å². The number of hydrogen-bond donors (Lipinski definition) is 0. The molecule has 0 atom stereocenters. The molecule has 0 N–H and O–H groups in total. The van der Waals surface area contributed by atoms with E-state index in [2.05, 4.69) is 4.98 Å². The van der Waals surface area contributed by atoms with Crippen LogP contribution in [-0.2, 0) is 0 Å². The van der Waals surface area contributed by atoms with Gasteiger partial charge in [-0.3, -0.25) is 0 Å². The van der Waals surface area contributed by atoms with Gasteiger partial charge in [0.15, 0.2) is 5.76 Å². The second kappa shape index (κ2) is 6.48. The first kappa shape index (κ1) is 16.6. The summed E-state index contributed by atoms with van der Waals surface area (Å²) in [6.45, 7) is 0. The quantitative estimate of drug-likeness (QED) is 0.508. The number of benzene rings is 2. The fourth-order valence-corrected chi connectivity index (χ4v) is 3.05. The maximum atomic E-state index is 11.5. The lowest BCUT2D eigenvalue weighted by molar-refractivity contribution is -0.254. The van der Waals surface area contributed by atoms with Gasteiger partial charge in [-0.05, 0) is 42.5 Å². The van der Waals surface area contributed by atoms with Gasteiger partial charge in [0.25, 0.3) is 0 Å². The Balaban J connectivity index is 1.82. The average Bonchev–Trinajstić information content (AvgIpc) is 3.13. The zero-order valence-electron chi connectivity index (χ0n) is 13.2. The molecule has 2 aromatic carbocycles. The molecule has 2 aromatic heterocycles. The first-order valence-electron chi connectivity index (χ1n) is 7.70. The Labute approximate surface area is 158 Å². The van der Waals surface area contributed by atoms with Crippen molar-refractivity contribution in [2.45, 2.75) is 0 Å². The Hall–Kier alpha value is -2.82. The number of carboxylic acids is 1. The smallest absolute Gasteiger partial charge is 0.153 e. The number of para-hydroxylation sites is 1. The van der Waals surface area contributed by atoms with Crippen LogP contribution in [0, 0.1) is 0 Å². The summed E-state index contributed by atoms with van der Waals surface area (Å²) in [6, 6.07) is 17.1. The molecule has 0 aliphatic rings. The second-order valence-electron chi connectivity index (χ2n) is 5.65. The number of furan rings is 1. The lowest BCUT2D eigenvalue weighted by atomic mass is 10.1. The highest BCUT2D eigenvalue weighted by molar-refractivity contribution is 6.42.